The lowest BCUT2D eigenvalue weighted by Gasteiger charge is -2.10. The first-order chi connectivity index (χ1) is 8.26. The summed E-state index contributed by atoms with van der Waals surface area (Å²) in [7, 11) is 1.88. The summed E-state index contributed by atoms with van der Waals surface area (Å²) in [4.78, 5) is 9.74. The second-order valence-electron chi connectivity index (χ2n) is 3.65. The molecular weight excluding hydrogens is 254 g/mol. The molecule has 0 amide bonds. The van der Waals surface area contributed by atoms with Crippen LogP contribution in [0.5, 0.6) is 0 Å². The summed E-state index contributed by atoms with van der Waals surface area (Å²) in [6.07, 6.45) is 3.62. The zero-order valence-corrected chi connectivity index (χ0v) is 11.4. The van der Waals surface area contributed by atoms with Crippen LogP contribution in [0.2, 0.25) is 4.34 Å². The van der Waals surface area contributed by atoms with E-state index in [1.165, 1.54) is 0 Å². The molecule has 2 rings (SSSR count). The lowest BCUT2D eigenvalue weighted by atomic mass is 10.1. The Balaban J connectivity index is 2.52. The fraction of sp³-hybridized carbons (Fsp3) is 0.333. The van der Waals surface area contributed by atoms with E-state index < -0.39 is 0 Å². The molecule has 0 saturated carbocycles. The second-order valence-corrected chi connectivity index (χ2v) is 5.37. The van der Waals surface area contributed by atoms with E-state index in [2.05, 4.69) is 22.2 Å². The van der Waals surface area contributed by atoms with Gasteiger partial charge < -0.3 is 5.32 Å². The SMILES string of the molecule is CCCc1c(NC)ncnc1-c1ccc(Cl)s1. The van der Waals surface area contributed by atoms with Gasteiger partial charge in [0.25, 0.3) is 0 Å². The minimum atomic E-state index is 0.784. The number of halogens is 1. The van der Waals surface area contributed by atoms with Crippen molar-refractivity contribution in [3.05, 3.63) is 28.4 Å². The van der Waals surface area contributed by atoms with Crippen molar-refractivity contribution in [2.24, 2.45) is 0 Å². The predicted molar refractivity (Wildman–Crippen MR) is 73.9 cm³/mol. The van der Waals surface area contributed by atoms with Gasteiger partial charge in [0.1, 0.15) is 12.1 Å². The molecule has 2 aromatic heterocycles. The number of aromatic nitrogens is 2. The van der Waals surface area contributed by atoms with E-state index >= 15 is 0 Å². The van der Waals surface area contributed by atoms with Crippen LogP contribution in [-0.4, -0.2) is 17.0 Å². The molecule has 0 aromatic carbocycles. The molecule has 0 aliphatic carbocycles. The van der Waals surface area contributed by atoms with Crippen LogP contribution >= 0.6 is 22.9 Å². The first-order valence-corrected chi connectivity index (χ1v) is 6.73. The average Bonchev–Trinajstić information content (AvgIpc) is 2.76. The standard InChI is InChI=1S/C12H14ClN3S/c1-3-4-8-11(9-5-6-10(13)17-9)15-7-16-12(8)14-2/h5-7H,3-4H2,1-2H3,(H,14,15,16). The summed E-state index contributed by atoms with van der Waals surface area (Å²) < 4.78 is 0.784. The highest BCUT2D eigenvalue weighted by atomic mass is 35.5. The van der Waals surface area contributed by atoms with Crippen molar-refractivity contribution in [1.29, 1.82) is 0 Å². The van der Waals surface area contributed by atoms with Crippen molar-refractivity contribution in [2.75, 3.05) is 12.4 Å². The van der Waals surface area contributed by atoms with Crippen molar-refractivity contribution >= 4 is 28.8 Å². The van der Waals surface area contributed by atoms with E-state index in [-0.39, 0.29) is 0 Å². The molecular formula is C12H14ClN3S. The molecule has 0 aliphatic heterocycles. The first-order valence-electron chi connectivity index (χ1n) is 5.53. The minimum absolute atomic E-state index is 0.784. The summed E-state index contributed by atoms with van der Waals surface area (Å²) in [5.41, 5.74) is 2.15. The molecule has 17 heavy (non-hydrogen) atoms. The fourth-order valence-corrected chi connectivity index (χ4v) is 2.84. The third-order valence-corrected chi connectivity index (χ3v) is 3.73. The molecule has 3 nitrogen and oxygen atoms in total. The quantitative estimate of drug-likeness (QED) is 0.914. The Morgan fingerprint density at radius 3 is 2.76 bits per heavy atom. The van der Waals surface area contributed by atoms with Gasteiger partial charge in [-0.2, -0.15) is 0 Å². The van der Waals surface area contributed by atoms with Crippen molar-refractivity contribution in [1.82, 2.24) is 9.97 Å². The van der Waals surface area contributed by atoms with E-state index in [0.717, 1.165) is 39.1 Å². The van der Waals surface area contributed by atoms with Gasteiger partial charge in [0.2, 0.25) is 0 Å². The number of rotatable bonds is 4. The van der Waals surface area contributed by atoms with Gasteiger partial charge in [-0.25, -0.2) is 9.97 Å². The number of hydrogen-bond donors (Lipinski definition) is 1. The smallest absolute Gasteiger partial charge is 0.132 e. The normalized spacial score (nSPS) is 10.5. The topological polar surface area (TPSA) is 37.8 Å². The van der Waals surface area contributed by atoms with Crippen LogP contribution in [0.3, 0.4) is 0 Å². The maximum absolute atomic E-state index is 5.97. The number of nitrogens with one attached hydrogen (secondary N) is 1. The second kappa shape index (κ2) is 5.47. The maximum Gasteiger partial charge on any atom is 0.132 e. The van der Waals surface area contributed by atoms with Gasteiger partial charge in [-0.1, -0.05) is 24.9 Å². The molecule has 0 radical (unpaired) electrons. The Morgan fingerprint density at radius 1 is 1.35 bits per heavy atom. The molecule has 0 saturated heterocycles. The molecule has 2 aromatic rings. The van der Waals surface area contributed by atoms with E-state index in [4.69, 9.17) is 11.6 Å². The number of anilines is 1. The minimum Gasteiger partial charge on any atom is -0.373 e. The molecule has 0 aliphatic rings. The Hall–Kier alpha value is -1.13. The number of nitrogens with zero attached hydrogens (tertiary/aromatic N) is 2. The van der Waals surface area contributed by atoms with Crippen molar-refractivity contribution in [2.45, 2.75) is 19.8 Å². The monoisotopic (exact) mass is 267 g/mol. The van der Waals surface area contributed by atoms with E-state index in [9.17, 15) is 0 Å². The van der Waals surface area contributed by atoms with Crippen molar-refractivity contribution in [3.63, 3.8) is 0 Å². The highest BCUT2D eigenvalue weighted by Gasteiger charge is 2.13. The molecule has 0 atom stereocenters. The average molecular weight is 268 g/mol. The van der Waals surface area contributed by atoms with Gasteiger partial charge in [0, 0.05) is 12.6 Å². The van der Waals surface area contributed by atoms with Crippen LogP contribution in [0.4, 0.5) is 5.82 Å². The van der Waals surface area contributed by atoms with Crippen molar-refractivity contribution in [3.8, 4) is 10.6 Å². The largest absolute Gasteiger partial charge is 0.373 e. The highest BCUT2D eigenvalue weighted by Crippen LogP contribution is 2.33. The Kier molecular flexibility index (Phi) is 3.97. The van der Waals surface area contributed by atoms with Gasteiger partial charge >= 0.3 is 0 Å². The van der Waals surface area contributed by atoms with Crippen LogP contribution in [-0.2, 0) is 6.42 Å². The third-order valence-electron chi connectivity index (χ3n) is 2.49. The predicted octanol–water partition coefficient (Wildman–Crippen LogP) is 3.85. The molecule has 5 heteroatoms. The summed E-state index contributed by atoms with van der Waals surface area (Å²) in [5.74, 6) is 0.904. The van der Waals surface area contributed by atoms with Crippen LogP contribution in [0.1, 0.15) is 18.9 Å². The summed E-state index contributed by atoms with van der Waals surface area (Å²) >= 11 is 7.52. The van der Waals surface area contributed by atoms with Gasteiger partial charge in [-0.15, -0.1) is 11.3 Å². The zero-order valence-electron chi connectivity index (χ0n) is 9.83. The van der Waals surface area contributed by atoms with Crippen LogP contribution in [0.15, 0.2) is 18.5 Å². The number of hydrogen-bond acceptors (Lipinski definition) is 4. The van der Waals surface area contributed by atoms with Crippen LogP contribution in [0.25, 0.3) is 10.6 Å². The van der Waals surface area contributed by atoms with Gasteiger partial charge in [-0.05, 0) is 18.6 Å². The van der Waals surface area contributed by atoms with Gasteiger partial charge in [-0.3, -0.25) is 0 Å². The Labute approximate surface area is 110 Å². The van der Waals surface area contributed by atoms with E-state index in [0.29, 0.717) is 0 Å². The molecule has 1 N–H and O–H groups in total. The lowest BCUT2D eigenvalue weighted by molar-refractivity contribution is 0.906. The molecule has 90 valence electrons. The highest BCUT2D eigenvalue weighted by molar-refractivity contribution is 7.19. The first kappa shape index (κ1) is 12.3. The lowest BCUT2D eigenvalue weighted by Crippen LogP contribution is -2.02. The number of thiophene rings is 1. The van der Waals surface area contributed by atoms with E-state index in [1.807, 2.05) is 19.2 Å². The molecule has 2 heterocycles. The molecule has 0 bridgehead atoms. The van der Waals surface area contributed by atoms with Crippen molar-refractivity contribution < 1.29 is 0 Å². The van der Waals surface area contributed by atoms with Gasteiger partial charge in [0.05, 0.1) is 14.9 Å². The molecule has 0 fully saturated rings. The third kappa shape index (κ3) is 2.58. The van der Waals surface area contributed by atoms with E-state index in [1.54, 1.807) is 17.7 Å². The van der Waals surface area contributed by atoms with Crippen LogP contribution in [0, 0.1) is 0 Å². The van der Waals surface area contributed by atoms with Gasteiger partial charge in [0.15, 0.2) is 0 Å². The van der Waals surface area contributed by atoms with Crippen LogP contribution < -0.4 is 5.32 Å². The Morgan fingerprint density at radius 2 is 2.18 bits per heavy atom. The zero-order chi connectivity index (χ0) is 12.3. The molecule has 0 spiro atoms. The maximum atomic E-state index is 5.97. The Bertz CT molecular complexity index is 510. The summed E-state index contributed by atoms with van der Waals surface area (Å²) in [6.45, 7) is 2.15. The molecule has 0 unspecified atom stereocenters. The summed E-state index contributed by atoms with van der Waals surface area (Å²) in [5, 5.41) is 3.12. The fourth-order valence-electron chi connectivity index (χ4n) is 1.77. The summed E-state index contributed by atoms with van der Waals surface area (Å²) in [6, 6.07) is 3.91.